The summed E-state index contributed by atoms with van der Waals surface area (Å²) < 4.78 is 34.4. The van der Waals surface area contributed by atoms with Crippen molar-refractivity contribution in [1.29, 1.82) is 0 Å². The SMILES string of the molecule is CCCCCCC/C=C\CCCCCCCC(=O)OCC(COP(=O)(O)OCC[N+](C)(C)C)OC(=O)CCCCCCCCCCC/C=C\CCCCCCCC. The van der Waals surface area contributed by atoms with Gasteiger partial charge in [-0.15, -0.1) is 0 Å². The summed E-state index contributed by atoms with van der Waals surface area (Å²) in [4.78, 5) is 35.4. The molecule has 0 rings (SSSR count). The van der Waals surface area contributed by atoms with Crippen molar-refractivity contribution in [1.82, 2.24) is 0 Å². The highest BCUT2D eigenvalue weighted by atomic mass is 31.2. The van der Waals surface area contributed by atoms with E-state index in [2.05, 4.69) is 38.2 Å². The monoisotopic (exact) mass is 829 g/mol. The Morgan fingerprint density at radius 2 is 0.895 bits per heavy atom. The Morgan fingerprint density at radius 3 is 1.30 bits per heavy atom. The predicted molar refractivity (Wildman–Crippen MR) is 238 cm³/mol. The molecule has 57 heavy (non-hydrogen) atoms. The largest absolute Gasteiger partial charge is 0.472 e. The Bertz CT molecular complexity index is 1030. The van der Waals surface area contributed by atoms with Gasteiger partial charge in [0.05, 0.1) is 27.7 Å². The molecular weight excluding hydrogens is 737 g/mol. The van der Waals surface area contributed by atoms with Crippen molar-refractivity contribution in [3.63, 3.8) is 0 Å². The van der Waals surface area contributed by atoms with E-state index in [0.29, 0.717) is 17.4 Å². The number of quaternary nitrogens is 1. The van der Waals surface area contributed by atoms with Crippen LogP contribution in [0.3, 0.4) is 0 Å². The molecule has 0 aliphatic carbocycles. The van der Waals surface area contributed by atoms with Gasteiger partial charge >= 0.3 is 19.8 Å². The minimum Gasteiger partial charge on any atom is -0.462 e. The van der Waals surface area contributed by atoms with Gasteiger partial charge in [-0.05, 0) is 64.2 Å². The van der Waals surface area contributed by atoms with Gasteiger partial charge in [0.2, 0.25) is 0 Å². The Kier molecular flexibility index (Phi) is 38.9. The Morgan fingerprint density at radius 1 is 0.526 bits per heavy atom. The minimum absolute atomic E-state index is 0.0314. The number of phosphoric acid groups is 1. The summed E-state index contributed by atoms with van der Waals surface area (Å²) in [7, 11) is 1.48. The Labute approximate surface area is 351 Å². The molecule has 0 spiro atoms. The lowest BCUT2D eigenvalue weighted by Gasteiger charge is -2.24. The second-order valence-electron chi connectivity index (χ2n) is 17.1. The molecule has 0 radical (unpaired) electrons. The normalized spacial score (nSPS) is 13.7. The van der Waals surface area contributed by atoms with Gasteiger partial charge in [0.15, 0.2) is 6.10 Å². The quantitative estimate of drug-likeness (QED) is 0.0213. The smallest absolute Gasteiger partial charge is 0.462 e. The third-order valence-electron chi connectivity index (χ3n) is 10.2. The standard InChI is InChI=1S/C47H90NO8P/c1-6-8-10-12-14-16-18-20-22-23-24-25-26-28-30-32-34-36-38-40-47(50)56-45(44-55-57(51,52)54-42-41-48(3,4)5)43-53-46(49)39-37-35-33-31-29-27-21-19-17-15-13-11-9-7-2/h19-22,45H,6-18,23-44H2,1-5H3/p+1/b21-19-,22-20-. The summed E-state index contributed by atoms with van der Waals surface area (Å²) in [6, 6.07) is 0. The molecule has 2 atom stereocenters. The number of unbranched alkanes of at least 4 members (excludes halogenated alkanes) is 25. The fourth-order valence-electron chi connectivity index (χ4n) is 6.47. The van der Waals surface area contributed by atoms with Gasteiger partial charge in [0.25, 0.3) is 0 Å². The lowest BCUT2D eigenvalue weighted by molar-refractivity contribution is -0.870. The number of rotatable bonds is 43. The molecule has 0 aliphatic rings. The molecule has 2 unspecified atom stereocenters. The molecule has 1 N–H and O–H groups in total. The summed E-state index contributed by atoms with van der Waals surface area (Å²) in [6.45, 7) is 4.42. The van der Waals surface area contributed by atoms with Crippen LogP contribution in [0.4, 0.5) is 0 Å². The third-order valence-corrected chi connectivity index (χ3v) is 11.2. The first-order valence-electron chi connectivity index (χ1n) is 23.6. The number of ether oxygens (including phenoxy) is 2. The van der Waals surface area contributed by atoms with Gasteiger partial charge in [0.1, 0.15) is 19.8 Å². The van der Waals surface area contributed by atoms with Crippen LogP contribution in [0, 0.1) is 0 Å². The van der Waals surface area contributed by atoms with Gasteiger partial charge in [-0.2, -0.15) is 0 Å². The number of esters is 2. The maximum Gasteiger partial charge on any atom is 0.472 e. The Balaban J connectivity index is 4.30. The van der Waals surface area contributed by atoms with Crippen molar-refractivity contribution >= 4 is 19.8 Å². The lowest BCUT2D eigenvalue weighted by Crippen LogP contribution is -2.37. The summed E-state index contributed by atoms with van der Waals surface area (Å²) >= 11 is 0. The van der Waals surface area contributed by atoms with Gasteiger partial charge in [-0.1, -0.05) is 160 Å². The maximum atomic E-state index is 12.7. The molecule has 0 aromatic rings. The van der Waals surface area contributed by atoms with Gasteiger partial charge in [-0.3, -0.25) is 18.6 Å². The molecule has 0 bridgehead atoms. The second-order valence-corrected chi connectivity index (χ2v) is 18.6. The topological polar surface area (TPSA) is 108 Å². The number of carbonyl (C=O) groups is 2. The summed E-state index contributed by atoms with van der Waals surface area (Å²) in [5, 5.41) is 0. The zero-order chi connectivity index (χ0) is 42.1. The number of likely N-dealkylation sites (N-methyl/N-ethyl adjacent to an activating group) is 1. The molecule has 0 saturated heterocycles. The number of hydrogen-bond donors (Lipinski definition) is 1. The van der Waals surface area contributed by atoms with E-state index >= 15 is 0 Å². The van der Waals surface area contributed by atoms with E-state index in [9.17, 15) is 19.0 Å². The highest BCUT2D eigenvalue weighted by Gasteiger charge is 2.27. The van der Waals surface area contributed by atoms with Crippen LogP contribution >= 0.6 is 7.82 Å². The molecule has 9 nitrogen and oxygen atoms in total. The zero-order valence-electron chi connectivity index (χ0n) is 37.8. The molecule has 0 saturated carbocycles. The predicted octanol–water partition coefficient (Wildman–Crippen LogP) is 13.5. The first-order chi connectivity index (χ1) is 27.5. The van der Waals surface area contributed by atoms with E-state index in [0.717, 1.165) is 57.8 Å². The van der Waals surface area contributed by atoms with Crippen LogP contribution in [0.5, 0.6) is 0 Å². The van der Waals surface area contributed by atoms with E-state index in [1.807, 2.05) is 21.1 Å². The third kappa shape index (κ3) is 43.9. The minimum atomic E-state index is -4.38. The van der Waals surface area contributed by atoms with Crippen molar-refractivity contribution in [2.24, 2.45) is 0 Å². The highest BCUT2D eigenvalue weighted by molar-refractivity contribution is 7.47. The maximum absolute atomic E-state index is 12.7. The van der Waals surface area contributed by atoms with Crippen molar-refractivity contribution in [2.45, 2.75) is 219 Å². The molecule has 10 heteroatoms. The van der Waals surface area contributed by atoms with Crippen molar-refractivity contribution in [3.8, 4) is 0 Å². The van der Waals surface area contributed by atoms with E-state index in [-0.39, 0.29) is 32.0 Å². The van der Waals surface area contributed by atoms with Crippen LogP contribution in [0.15, 0.2) is 24.3 Å². The summed E-state index contributed by atoms with van der Waals surface area (Å²) in [5.41, 5.74) is 0. The summed E-state index contributed by atoms with van der Waals surface area (Å²) in [5.74, 6) is -0.804. The second kappa shape index (κ2) is 39.9. The molecule has 0 aromatic heterocycles. The first kappa shape index (κ1) is 55.5. The number of phosphoric ester groups is 1. The number of hydrogen-bond acceptors (Lipinski definition) is 7. The van der Waals surface area contributed by atoms with Crippen molar-refractivity contribution in [3.05, 3.63) is 24.3 Å². The molecule has 336 valence electrons. The average molecular weight is 829 g/mol. The summed E-state index contributed by atoms with van der Waals surface area (Å²) in [6.07, 6.45) is 43.6. The highest BCUT2D eigenvalue weighted by Crippen LogP contribution is 2.43. The van der Waals surface area contributed by atoms with Crippen LogP contribution in [0.25, 0.3) is 0 Å². The van der Waals surface area contributed by atoms with Gasteiger partial charge in [0, 0.05) is 12.8 Å². The van der Waals surface area contributed by atoms with E-state index in [4.69, 9.17) is 18.5 Å². The molecular formula is C47H91NO8P+. The van der Waals surface area contributed by atoms with Crippen LogP contribution in [0.1, 0.15) is 213 Å². The van der Waals surface area contributed by atoms with Crippen LogP contribution in [-0.4, -0.2) is 74.9 Å². The number of nitrogens with zero attached hydrogens (tertiary/aromatic N) is 1. The van der Waals surface area contributed by atoms with Crippen LogP contribution < -0.4 is 0 Å². The van der Waals surface area contributed by atoms with Crippen molar-refractivity contribution < 1.29 is 42.1 Å². The fourth-order valence-corrected chi connectivity index (χ4v) is 7.22. The lowest BCUT2D eigenvalue weighted by atomic mass is 10.1. The van der Waals surface area contributed by atoms with E-state index in [1.165, 1.54) is 122 Å². The van der Waals surface area contributed by atoms with Crippen LogP contribution in [-0.2, 0) is 32.7 Å². The fraction of sp³-hybridized carbons (Fsp3) is 0.872. The first-order valence-corrected chi connectivity index (χ1v) is 25.1. The number of carbonyl (C=O) groups excluding carboxylic acids is 2. The van der Waals surface area contributed by atoms with Gasteiger partial charge < -0.3 is 18.9 Å². The molecule has 0 aliphatic heterocycles. The Hall–Kier alpha value is -1.51. The molecule has 0 amide bonds. The molecule has 0 fully saturated rings. The molecule has 0 heterocycles. The van der Waals surface area contributed by atoms with E-state index < -0.39 is 26.5 Å². The van der Waals surface area contributed by atoms with Gasteiger partial charge in [-0.25, -0.2) is 4.57 Å². The van der Waals surface area contributed by atoms with E-state index in [1.54, 1.807) is 0 Å². The zero-order valence-corrected chi connectivity index (χ0v) is 38.7. The molecule has 0 aromatic carbocycles. The van der Waals surface area contributed by atoms with Crippen LogP contribution in [0.2, 0.25) is 0 Å². The number of allylic oxidation sites excluding steroid dienone is 4. The van der Waals surface area contributed by atoms with Crippen molar-refractivity contribution in [2.75, 3.05) is 47.5 Å². The average Bonchev–Trinajstić information content (AvgIpc) is 3.16.